The van der Waals surface area contributed by atoms with Gasteiger partial charge in [0.25, 0.3) is 5.91 Å². The Morgan fingerprint density at radius 2 is 1.75 bits per heavy atom. The van der Waals surface area contributed by atoms with Crippen LogP contribution in [-0.2, 0) is 0 Å². The number of aryl methyl sites for hydroxylation is 2. The molecule has 1 unspecified atom stereocenters. The zero-order chi connectivity index (χ0) is 17.3. The summed E-state index contributed by atoms with van der Waals surface area (Å²) in [5, 5.41) is 3.05. The van der Waals surface area contributed by atoms with Gasteiger partial charge in [-0.3, -0.25) is 9.69 Å². The minimum Gasteiger partial charge on any atom is -0.350 e. The van der Waals surface area contributed by atoms with Crippen molar-refractivity contribution >= 4 is 5.91 Å². The van der Waals surface area contributed by atoms with Gasteiger partial charge in [0, 0.05) is 41.3 Å². The number of aromatic nitrogens is 1. The monoisotopic (exact) mass is 325 g/mol. The summed E-state index contributed by atoms with van der Waals surface area (Å²) in [6.45, 7) is 7.03. The van der Waals surface area contributed by atoms with E-state index >= 15 is 0 Å². The molecule has 0 spiro atoms. The van der Waals surface area contributed by atoms with Crippen LogP contribution in [0.15, 0.2) is 36.4 Å². The number of carbonyl (C=O) groups excluding carboxylic acids is 1. The molecule has 1 heterocycles. The lowest BCUT2D eigenvalue weighted by atomic mass is 10.2. The summed E-state index contributed by atoms with van der Waals surface area (Å²) in [5.41, 5.74) is 4.19. The predicted octanol–water partition coefficient (Wildman–Crippen LogP) is 3.31. The molecule has 4 nitrogen and oxygen atoms in total. The highest BCUT2D eigenvalue weighted by Gasteiger charge is 2.29. The van der Waals surface area contributed by atoms with Gasteiger partial charge >= 0.3 is 0 Å². The zero-order valence-electron chi connectivity index (χ0n) is 15.0. The maximum Gasteiger partial charge on any atom is 0.251 e. The van der Waals surface area contributed by atoms with Gasteiger partial charge in [0.05, 0.1) is 0 Å². The highest BCUT2D eigenvalue weighted by Crippen LogP contribution is 2.26. The normalized spacial score (nSPS) is 15.5. The first kappa shape index (κ1) is 16.8. The van der Waals surface area contributed by atoms with E-state index in [9.17, 15) is 4.79 Å². The summed E-state index contributed by atoms with van der Waals surface area (Å²) in [6, 6.07) is 13.1. The fourth-order valence-corrected chi connectivity index (χ4v) is 3.17. The van der Waals surface area contributed by atoms with E-state index in [1.54, 1.807) is 0 Å². The number of hydrogen-bond acceptors (Lipinski definition) is 2. The van der Waals surface area contributed by atoms with E-state index in [-0.39, 0.29) is 5.91 Å². The molecule has 1 aliphatic rings. The van der Waals surface area contributed by atoms with Gasteiger partial charge in [-0.25, -0.2) is 0 Å². The van der Waals surface area contributed by atoms with Crippen molar-refractivity contribution in [1.29, 1.82) is 0 Å². The first-order valence-electron chi connectivity index (χ1n) is 8.73. The van der Waals surface area contributed by atoms with Crippen molar-refractivity contribution in [3.05, 3.63) is 53.3 Å². The molecule has 4 heteroatoms. The second-order valence-corrected chi connectivity index (χ2v) is 6.95. The van der Waals surface area contributed by atoms with Crippen LogP contribution in [0.1, 0.15) is 41.5 Å². The zero-order valence-corrected chi connectivity index (χ0v) is 15.0. The number of nitrogens with zero attached hydrogens (tertiary/aromatic N) is 2. The highest BCUT2D eigenvalue weighted by molar-refractivity contribution is 5.94. The summed E-state index contributed by atoms with van der Waals surface area (Å²) in [4.78, 5) is 14.7. The molecule has 1 fully saturated rings. The van der Waals surface area contributed by atoms with Gasteiger partial charge in [-0.2, -0.15) is 0 Å². The lowest BCUT2D eigenvalue weighted by Gasteiger charge is -2.24. The van der Waals surface area contributed by atoms with E-state index in [4.69, 9.17) is 0 Å². The molecule has 128 valence electrons. The fourth-order valence-electron chi connectivity index (χ4n) is 3.17. The Morgan fingerprint density at radius 1 is 1.17 bits per heavy atom. The first-order chi connectivity index (χ1) is 11.5. The van der Waals surface area contributed by atoms with E-state index in [1.165, 1.54) is 24.2 Å². The number of nitrogens with one attached hydrogen (secondary N) is 1. The van der Waals surface area contributed by atoms with Crippen LogP contribution in [0.2, 0.25) is 0 Å². The van der Waals surface area contributed by atoms with E-state index in [2.05, 4.69) is 54.7 Å². The van der Waals surface area contributed by atoms with Crippen LogP contribution in [0, 0.1) is 13.8 Å². The SMILES string of the molecule is Cc1ccc(C)n1-c1ccc(C(=O)NCC(C)N(C)C2CC2)cc1. The molecule has 3 rings (SSSR count). The smallest absolute Gasteiger partial charge is 0.251 e. The molecule has 0 bridgehead atoms. The Hall–Kier alpha value is -2.07. The summed E-state index contributed by atoms with van der Waals surface area (Å²) < 4.78 is 2.19. The van der Waals surface area contributed by atoms with Crippen molar-refractivity contribution in [3.63, 3.8) is 0 Å². The first-order valence-corrected chi connectivity index (χ1v) is 8.73. The molecular formula is C20H27N3O. The number of amides is 1. The number of carbonyl (C=O) groups is 1. The Morgan fingerprint density at radius 3 is 2.29 bits per heavy atom. The fraction of sp³-hybridized carbons (Fsp3) is 0.450. The molecule has 0 aliphatic heterocycles. The maximum absolute atomic E-state index is 12.4. The molecule has 24 heavy (non-hydrogen) atoms. The van der Waals surface area contributed by atoms with Crippen molar-refractivity contribution < 1.29 is 4.79 Å². The highest BCUT2D eigenvalue weighted by atomic mass is 16.1. The average Bonchev–Trinajstić information content (AvgIpc) is 3.37. The molecule has 1 aromatic carbocycles. The third kappa shape index (κ3) is 3.54. The standard InChI is InChI=1S/C20H27N3O/c1-14-5-6-15(2)23(14)19-9-7-17(8-10-19)20(24)21-13-16(3)22(4)18-11-12-18/h5-10,16,18H,11-13H2,1-4H3,(H,21,24). The second kappa shape index (κ2) is 6.81. The van der Waals surface area contributed by atoms with Gasteiger partial charge in [0.2, 0.25) is 0 Å². The average molecular weight is 325 g/mol. The number of benzene rings is 1. The maximum atomic E-state index is 12.4. The Balaban J connectivity index is 1.61. The third-order valence-electron chi connectivity index (χ3n) is 5.03. The van der Waals surface area contributed by atoms with E-state index in [0.717, 1.165) is 5.69 Å². The minimum atomic E-state index is -0.00135. The second-order valence-electron chi connectivity index (χ2n) is 6.95. The molecule has 1 aromatic heterocycles. The molecule has 1 saturated carbocycles. The molecule has 1 aliphatic carbocycles. The van der Waals surface area contributed by atoms with Crippen molar-refractivity contribution in [1.82, 2.24) is 14.8 Å². The van der Waals surface area contributed by atoms with Crippen LogP contribution in [0.3, 0.4) is 0 Å². The predicted molar refractivity (Wildman–Crippen MR) is 97.8 cm³/mol. The summed E-state index contributed by atoms with van der Waals surface area (Å²) in [7, 11) is 2.14. The van der Waals surface area contributed by atoms with Crippen molar-refractivity contribution in [2.45, 2.75) is 45.7 Å². The third-order valence-corrected chi connectivity index (χ3v) is 5.03. The van der Waals surface area contributed by atoms with Gasteiger partial charge < -0.3 is 9.88 Å². The molecular weight excluding hydrogens is 298 g/mol. The van der Waals surface area contributed by atoms with Crippen LogP contribution in [0.4, 0.5) is 0 Å². The Bertz CT molecular complexity index is 693. The topological polar surface area (TPSA) is 37.3 Å². The van der Waals surface area contributed by atoms with Gasteiger partial charge in [-0.05, 0) is 77.1 Å². The van der Waals surface area contributed by atoms with E-state index in [0.29, 0.717) is 24.2 Å². The molecule has 1 amide bonds. The van der Waals surface area contributed by atoms with Crippen molar-refractivity contribution in [2.24, 2.45) is 0 Å². The Labute approximate surface area is 144 Å². The summed E-state index contributed by atoms with van der Waals surface area (Å²) in [5.74, 6) is -0.00135. The van der Waals surface area contributed by atoms with Crippen LogP contribution < -0.4 is 5.32 Å². The Kier molecular flexibility index (Phi) is 4.76. The quantitative estimate of drug-likeness (QED) is 0.885. The number of hydrogen-bond donors (Lipinski definition) is 1. The lowest BCUT2D eigenvalue weighted by Crippen LogP contribution is -2.41. The largest absolute Gasteiger partial charge is 0.350 e. The number of rotatable bonds is 6. The van der Waals surface area contributed by atoms with Crippen molar-refractivity contribution in [3.8, 4) is 5.69 Å². The van der Waals surface area contributed by atoms with Gasteiger partial charge in [0.1, 0.15) is 0 Å². The molecule has 0 saturated heterocycles. The molecule has 1 atom stereocenters. The number of likely N-dealkylation sites (N-methyl/N-ethyl adjacent to an activating group) is 1. The van der Waals surface area contributed by atoms with Crippen LogP contribution >= 0.6 is 0 Å². The van der Waals surface area contributed by atoms with Crippen LogP contribution in [-0.4, -0.2) is 41.1 Å². The lowest BCUT2D eigenvalue weighted by molar-refractivity contribution is 0.0939. The van der Waals surface area contributed by atoms with Crippen LogP contribution in [0.25, 0.3) is 5.69 Å². The molecule has 1 N–H and O–H groups in total. The van der Waals surface area contributed by atoms with Crippen LogP contribution in [0.5, 0.6) is 0 Å². The van der Waals surface area contributed by atoms with Gasteiger partial charge in [-0.15, -0.1) is 0 Å². The van der Waals surface area contributed by atoms with E-state index < -0.39 is 0 Å². The molecule has 2 aromatic rings. The van der Waals surface area contributed by atoms with Gasteiger partial charge in [0.15, 0.2) is 0 Å². The minimum absolute atomic E-state index is 0.00135. The van der Waals surface area contributed by atoms with Crippen molar-refractivity contribution in [2.75, 3.05) is 13.6 Å². The summed E-state index contributed by atoms with van der Waals surface area (Å²) >= 11 is 0. The molecule has 0 radical (unpaired) electrons. The summed E-state index contributed by atoms with van der Waals surface area (Å²) in [6.07, 6.45) is 2.57. The van der Waals surface area contributed by atoms with E-state index in [1.807, 2.05) is 24.3 Å². The van der Waals surface area contributed by atoms with Gasteiger partial charge in [-0.1, -0.05) is 0 Å².